The van der Waals surface area contributed by atoms with Gasteiger partial charge in [0, 0.05) is 29.5 Å². The molecular weight excluding hydrogens is 228 g/mol. The minimum Gasteiger partial charge on any atom is -0.504 e. The third kappa shape index (κ3) is 1.73. The van der Waals surface area contributed by atoms with Gasteiger partial charge in [0.15, 0.2) is 11.5 Å². The van der Waals surface area contributed by atoms with Gasteiger partial charge in [-0.25, -0.2) is 0 Å². The molecule has 0 fully saturated rings. The van der Waals surface area contributed by atoms with Gasteiger partial charge in [0.05, 0.1) is 5.69 Å². The average molecular weight is 238 g/mol. The van der Waals surface area contributed by atoms with Crippen LogP contribution in [0.25, 0.3) is 22.0 Å². The lowest BCUT2D eigenvalue weighted by molar-refractivity contribution is 0.405. The minimum absolute atomic E-state index is 0.130. The summed E-state index contributed by atoms with van der Waals surface area (Å²) in [5, 5.41) is 20.5. The van der Waals surface area contributed by atoms with Gasteiger partial charge in [0.2, 0.25) is 0 Å². The summed E-state index contributed by atoms with van der Waals surface area (Å²) in [5.74, 6) is -0.268. The lowest BCUT2D eigenvalue weighted by atomic mass is 10.1. The van der Waals surface area contributed by atoms with E-state index in [9.17, 15) is 10.2 Å². The van der Waals surface area contributed by atoms with Gasteiger partial charge in [-0.2, -0.15) is 0 Å². The number of hydrogen-bond acceptors (Lipinski definition) is 4. The minimum atomic E-state index is -0.138. The first-order valence-electron chi connectivity index (χ1n) is 5.46. The number of phenols is 2. The Hall–Kier alpha value is -2.62. The van der Waals surface area contributed by atoms with Crippen molar-refractivity contribution >= 4 is 10.8 Å². The van der Waals surface area contributed by atoms with Crippen molar-refractivity contribution < 1.29 is 10.2 Å². The Labute approximate surface area is 103 Å². The van der Waals surface area contributed by atoms with E-state index in [0.717, 1.165) is 22.0 Å². The van der Waals surface area contributed by atoms with E-state index in [2.05, 4.69) is 9.97 Å². The molecule has 0 amide bonds. The van der Waals surface area contributed by atoms with Crippen LogP contribution in [0, 0.1) is 0 Å². The second-order valence-electron chi connectivity index (χ2n) is 3.99. The molecule has 3 rings (SSSR count). The van der Waals surface area contributed by atoms with E-state index < -0.39 is 0 Å². The van der Waals surface area contributed by atoms with Crippen LogP contribution in [-0.4, -0.2) is 20.2 Å². The largest absolute Gasteiger partial charge is 0.504 e. The van der Waals surface area contributed by atoms with Crippen molar-refractivity contribution in [1.29, 1.82) is 0 Å². The summed E-state index contributed by atoms with van der Waals surface area (Å²) in [5.41, 5.74) is 1.76. The van der Waals surface area contributed by atoms with E-state index in [0.29, 0.717) is 0 Å². The van der Waals surface area contributed by atoms with Crippen molar-refractivity contribution in [2.75, 3.05) is 0 Å². The zero-order chi connectivity index (χ0) is 12.5. The normalized spacial score (nSPS) is 10.7. The Balaban J connectivity index is 2.20. The van der Waals surface area contributed by atoms with Gasteiger partial charge in [0.25, 0.3) is 0 Å². The molecule has 1 aromatic carbocycles. The maximum atomic E-state index is 9.50. The van der Waals surface area contributed by atoms with Crippen LogP contribution in [-0.2, 0) is 0 Å². The van der Waals surface area contributed by atoms with E-state index in [1.165, 1.54) is 12.1 Å². The summed E-state index contributed by atoms with van der Waals surface area (Å²) in [6.45, 7) is 0. The summed E-state index contributed by atoms with van der Waals surface area (Å²) in [6, 6.07) is 8.62. The number of benzene rings is 1. The molecule has 2 aromatic heterocycles. The zero-order valence-corrected chi connectivity index (χ0v) is 9.41. The molecule has 0 saturated heterocycles. The Bertz CT molecular complexity index is 712. The van der Waals surface area contributed by atoms with Gasteiger partial charge >= 0.3 is 0 Å². The molecule has 4 heteroatoms. The first-order valence-corrected chi connectivity index (χ1v) is 5.46. The highest BCUT2D eigenvalue weighted by atomic mass is 16.3. The molecule has 18 heavy (non-hydrogen) atoms. The SMILES string of the molecule is Oc1cc2cnc(-c3ccncc3)cc2cc1O. The summed E-state index contributed by atoms with van der Waals surface area (Å²) < 4.78 is 0. The van der Waals surface area contributed by atoms with E-state index in [1.54, 1.807) is 18.6 Å². The van der Waals surface area contributed by atoms with Crippen LogP contribution in [0.15, 0.2) is 48.9 Å². The number of pyridine rings is 2. The Kier molecular flexibility index (Phi) is 2.34. The predicted molar refractivity (Wildman–Crippen MR) is 68.3 cm³/mol. The van der Waals surface area contributed by atoms with E-state index >= 15 is 0 Å². The first kappa shape index (κ1) is 10.5. The number of rotatable bonds is 1. The second-order valence-corrected chi connectivity index (χ2v) is 3.99. The quantitative estimate of drug-likeness (QED) is 0.640. The fourth-order valence-electron chi connectivity index (χ4n) is 1.85. The van der Waals surface area contributed by atoms with E-state index in [1.807, 2.05) is 18.2 Å². The topological polar surface area (TPSA) is 66.2 Å². The van der Waals surface area contributed by atoms with E-state index in [-0.39, 0.29) is 11.5 Å². The average Bonchev–Trinajstić information content (AvgIpc) is 2.41. The molecule has 0 aliphatic rings. The fourth-order valence-corrected chi connectivity index (χ4v) is 1.85. The molecule has 0 spiro atoms. The van der Waals surface area contributed by atoms with Crippen molar-refractivity contribution in [3.63, 3.8) is 0 Å². The van der Waals surface area contributed by atoms with Crippen LogP contribution in [0.2, 0.25) is 0 Å². The standard InChI is InChI=1S/C14H10N2O2/c17-13-6-10-5-12(9-1-3-15-4-2-9)16-8-11(10)7-14(13)18/h1-8,17-18H. The van der Waals surface area contributed by atoms with Crippen LogP contribution in [0.4, 0.5) is 0 Å². The number of nitrogens with zero attached hydrogens (tertiary/aromatic N) is 2. The molecular formula is C14H10N2O2. The van der Waals surface area contributed by atoms with Gasteiger partial charge < -0.3 is 10.2 Å². The van der Waals surface area contributed by atoms with Crippen LogP contribution in [0.3, 0.4) is 0 Å². The maximum absolute atomic E-state index is 9.50. The summed E-state index contributed by atoms with van der Waals surface area (Å²) >= 11 is 0. The highest BCUT2D eigenvalue weighted by molar-refractivity contribution is 5.88. The number of phenolic OH excluding ortho intramolecular Hbond substituents is 2. The molecule has 2 N–H and O–H groups in total. The summed E-state index contributed by atoms with van der Waals surface area (Å²) in [6.07, 6.45) is 5.08. The molecule has 0 unspecified atom stereocenters. The molecule has 0 aliphatic heterocycles. The highest BCUT2D eigenvalue weighted by Gasteiger charge is 2.05. The number of aromatic hydroxyl groups is 2. The zero-order valence-electron chi connectivity index (χ0n) is 9.41. The molecule has 0 aliphatic carbocycles. The molecule has 0 saturated carbocycles. The van der Waals surface area contributed by atoms with Gasteiger partial charge in [-0.3, -0.25) is 9.97 Å². The molecule has 3 aromatic rings. The van der Waals surface area contributed by atoms with Crippen molar-refractivity contribution in [1.82, 2.24) is 9.97 Å². The van der Waals surface area contributed by atoms with Crippen molar-refractivity contribution in [2.24, 2.45) is 0 Å². The van der Waals surface area contributed by atoms with Crippen LogP contribution in [0.5, 0.6) is 11.5 Å². The van der Waals surface area contributed by atoms with Crippen molar-refractivity contribution in [3.05, 3.63) is 48.9 Å². The van der Waals surface area contributed by atoms with Crippen LogP contribution in [0.1, 0.15) is 0 Å². The van der Waals surface area contributed by atoms with E-state index in [4.69, 9.17) is 0 Å². The Morgan fingerprint density at radius 1 is 0.833 bits per heavy atom. The highest BCUT2D eigenvalue weighted by Crippen LogP contribution is 2.31. The van der Waals surface area contributed by atoms with Gasteiger partial charge in [-0.15, -0.1) is 0 Å². The predicted octanol–water partition coefficient (Wildman–Crippen LogP) is 2.71. The van der Waals surface area contributed by atoms with Crippen molar-refractivity contribution in [3.8, 4) is 22.8 Å². The lowest BCUT2D eigenvalue weighted by Crippen LogP contribution is -1.84. The van der Waals surface area contributed by atoms with Crippen molar-refractivity contribution in [2.45, 2.75) is 0 Å². The third-order valence-corrected chi connectivity index (χ3v) is 2.79. The number of hydrogen-bond donors (Lipinski definition) is 2. The second kappa shape index (κ2) is 4.00. The van der Waals surface area contributed by atoms with Crippen LogP contribution < -0.4 is 0 Å². The fraction of sp³-hybridized carbons (Fsp3) is 0. The smallest absolute Gasteiger partial charge is 0.158 e. The van der Waals surface area contributed by atoms with Gasteiger partial charge in [-0.1, -0.05) is 0 Å². The molecule has 88 valence electrons. The van der Waals surface area contributed by atoms with Crippen LogP contribution >= 0.6 is 0 Å². The molecule has 4 nitrogen and oxygen atoms in total. The maximum Gasteiger partial charge on any atom is 0.158 e. The molecule has 0 bridgehead atoms. The lowest BCUT2D eigenvalue weighted by Gasteiger charge is -2.04. The molecule has 0 atom stereocenters. The number of aromatic nitrogens is 2. The third-order valence-electron chi connectivity index (χ3n) is 2.79. The summed E-state index contributed by atoms with van der Waals surface area (Å²) in [7, 11) is 0. The number of fused-ring (bicyclic) bond motifs is 1. The molecule has 2 heterocycles. The Morgan fingerprint density at radius 3 is 2.22 bits per heavy atom. The summed E-state index contributed by atoms with van der Waals surface area (Å²) in [4.78, 5) is 8.29. The Morgan fingerprint density at radius 2 is 1.50 bits per heavy atom. The monoisotopic (exact) mass is 238 g/mol. The first-order chi connectivity index (χ1) is 8.74. The van der Waals surface area contributed by atoms with Gasteiger partial charge in [0.1, 0.15) is 0 Å². The molecule has 0 radical (unpaired) electrons. The van der Waals surface area contributed by atoms with Gasteiger partial charge in [-0.05, 0) is 35.7 Å².